The van der Waals surface area contributed by atoms with Crippen LogP contribution in [0.4, 0.5) is 24.5 Å². The Bertz CT molecular complexity index is 1280. The molecule has 1 aliphatic carbocycles. The summed E-state index contributed by atoms with van der Waals surface area (Å²) in [5.41, 5.74) is -0.269. The molecule has 2 atom stereocenters. The van der Waals surface area contributed by atoms with Crippen LogP contribution >= 0.6 is 46.4 Å². The van der Waals surface area contributed by atoms with Crippen LogP contribution in [0.1, 0.15) is 21.8 Å². The number of amides is 2. The minimum Gasteiger partial charge on any atom is -0.326 e. The predicted octanol–water partition coefficient (Wildman–Crippen LogP) is 7.19. The van der Waals surface area contributed by atoms with Crippen molar-refractivity contribution < 1.29 is 22.8 Å². The lowest BCUT2D eigenvalue weighted by Crippen LogP contribution is -2.18. The Morgan fingerprint density at radius 3 is 2.21 bits per heavy atom. The molecular weight excluding hydrogens is 535 g/mol. The third-order valence-electron chi connectivity index (χ3n) is 5.26. The van der Waals surface area contributed by atoms with Gasteiger partial charge in [0.1, 0.15) is 27.5 Å². The van der Waals surface area contributed by atoms with E-state index in [0.717, 1.165) is 24.3 Å². The Morgan fingerprint density at radius 1 is 0.882 bits per heavy atom. The van der Waals surface area contributed by atoms with Crippen molar-refractivity contribution in [3.8, 4) is 0 Å². The standard InChI is InChI=1S/C23H13Cl4F3N2O2/c24-11-6-10(7-12(28)8-11)18-19(23(18,26)27)22(34)31-13-4-5-15(25)14(9-13)21(33)32-20-16(29)2-1-3-17(20)30/h1-9,18-19H,(H,31,34)(H,32,33)/t18-,19+/m0/s1. The molecule has 2 N–H and O–H groups in total. The highest BCUT2D eigenvalue weighted by molar-refractivity contribution is 6.53. The Morgan fingerprint density at radius 2 is 1.56 bits per heavy atom. The van der Waals surface area contributed by atoms with Crippen molar-refractivity contribution in [2.24, 2.45) is 5.92 Å². The predicted molar refractivity (Wildman–Crippen MR) is 126 cm³/mol. The monoisotopic (exact) mass is 546 g/mol. The fraction of sp³-hybridized carbons (Fsp3) is 0.130. The Kier molecular flexibility index (Phi) is 6.75. The van der Waals surface area contributed by atoms with Gasteiger partial charge in [0, 0.05) is 16.6 Å². The average molecular weight is 548 g/mol. The zero-order valence-electron chi connectivity index (χ0n) is 16.8. The molecule has 0 aliphatic heterocycles. The van der Waals surface area contributed by atoms with Crippen molar-refractivity contribution in [2.45, 2.75) is 10.3 Å². The van der Waals surface area contributed by atoms with E-state index in [9.17, 15) is 22.8 Å². The second-order valence-corrected chi connectivity index (χ2v) is 9.86. The molecule has 3 aromatic carbocycles. The van der Waals surface area contributed by atoms with Gasteiger partial charge in [-0.3, -0.25) is 9.59 Å². The Hall–Kier alpha value is -2.45. The highest BCUT2D eigenvalue weighted by Crippen LogP contribution is 2.65. The van der Waals surface area contributed by atoms with Gasteiger partial charge in [-0.05, 0) is 54.1 Å². The summed E-state index contributed by atoms with van der Waals surface area (Å²) in [6, 6.07) is 10.9. The van der Waals surface area contributed by atoms with E-state index in [4.69, 9.17) is 46.4 Å². The van der Waals surface area contributed by atoms with E-state index in [-0.39, 0.29) is 21.3 Å². The van der Waals surface area contributed by atoms with Crippen LogP contribution in [0.2, 0.25) is 10.0 Å². The SMILES string of the molecule is O=C(Nc1c(F)cccc1F)c1cc(NC(=O)[C@H]2[C@H](c3cc(F)cc(Cl)c3)C2(Cl)Cl)ccc1Cl. The van der Waals surface area contributed by atoms with E-state index in [0.29, 0.717) is 5.56 Å². The fourth-order valence-corrected chi connectivity index (χ4v) is 4.88. The number of rotatable bonds is 5. The van der Waals surface area contributed by atoms with E-state index in [2.05, 4.69) is 10.6 Å². The highest BCUT2D eigenvalue weighted by Gasteiger charge is 2.67. The topological polar surface area (TPSA) is 58.2 Å². The molecule has 34 heavy (non-hydrogen) atoms. The molecule has 0 spiro atoms. The minimum absolute atomic E-state index is 0.0185. The third-order valence-corrected chi connectivity index (χ3v) is 6.75. The maximum absolute atomic E-state index is 13.9. The van der Waals surface area contributed by atoms with Crippen molar-refractivity contribution in [3.05, 3.63) is 93.2 Å². The number of hydrogen-bond acceptors (Lipinski definition) is 2. The number of benzene rings is 3. The van der Waals surface area contributed by atoms with Crippen molar-refractivity contribution in [2.75, 3.05) is 10.6 Å². The number of nitrogens with one attached hydrogen (secondary N) is 2. The maximum Gasteiger partial charge on any atom is 0.257 e. The highest BCUT2D eigenvalue weighted by atomic mass is 35.5. The molecule has 4 nitrogen and oxygen atoms in total. The molecule has 3 aromatic rings. The summed E-state index contributed by atoms with van der Waals surface area (Å²) < 4.78 is 40.0. The molecule has 1 saturated carbocycles. The van der Waals surface area contributed by atoms with Crippen LogP contribution < -0.4 is 10.6 Å². The minimum atomic E-state index is -1.50. The molecule has 0 aromatic heterocycles. The summed E-state index contributed by atoms with van der Waals surface area (Å²) >= 11 is 24.5. The smallest absolute Gasteiger partial charge is 0.257 e. The van der Waals surface area contributed by atoms with Crippen LogP contribution in [-0.2, 0) is 4.79 Å². The van der Waals surface area contributed by atoms with Gasteiger partial charge < -0.3 is 10.6 Å². The molecule has 0 heterocycles. The van der Waals surface area contributed by atoms with Crippen molar-refractivity contribution >= 4 is 69.6 Å². The first kappa shape index (κ1) is 24.7. The normalized spacial score (nSPS) is 18.3. The zero-order valence-corrected chi connectivity index (χ0v) is 19.8. The first-order valence-corrected chi connectivity index (χ1v) is 11.2. The molecule has 4 rings (SSSR count). The maximum atomic E-state index is 13.9. The van der Waals surface area contributed by atoms with E-state index in [1.807, 2.05) is 0 Å². The number of halogens is 7. The van der Waals surface area contributed by atoms with Gasteiger partial charge in [0.05, 0.1) is 16.5 Å². The van der Waals surface area contributed by atoms with Gasteiger partial charge in [-0.25, -0.2) is 13.2 Å². The van der Waals surface area contributed by atoms with Gasteiger partial charge in [-0.2, -0.15) is 0 Å². The van der Waals surface area contributed by atoms with Crippen LogP contribution in [0.25, 0.3) is 0 Å². The summed E-state index contributed by atoms with van der Waals surface area (Å²) in [7, 11) is 0. The molecule has 0 saturated heterocycles. The number of alkyl halides is 2. The molecule has 176 valence electrons. The fourth-order valence-electron chi connectivity index (χ4n) is 3.62. The summed E-state index contributed by atoms with van der Waals surface area (Å²) in [5.74, 6) is -5.68. The van der Waals surface area contributed by atoms with Crippen LogP contribution in [0.5, 0.6) is 0 Å². The summed E-state index contributed by atoms with van der Waals surface area (Å²) in [6.45, 7) is 0. The average Bonchev–Trinajstić information content (AvgIpc) is 3.33. The van der Waals surface area contributed by atoms with Gasteiger partial charge >= 0.3 is 0 Å². The first-order chi connectivity index (χ1) is 16.0. The second-order valence-electron chi connectivity index (χ2n) is 7.57. The van der Waals surface area contributed by atoms with Crippen molar-refractivity contribution in [1.82, 2.24) is 0 Å². The second kappa shape index (κ2) is 9.30. The molecule has 2 amide bonds. The number of carbonyl (C=O) groups excluding carboxylic acids is 2. The Labute approximate surface area is 211 Å². The first-order valence-electron chi connectivity index (χ1n) is 9.68. The Balaban J connectivity index is 1.53. The van der Waals surface area contributed by atoms with Gasteiger partial charge in [0.25, 0.3) is 5.91 Å². The molecule has 0 unspecified atom stereocenters. The number of carbonyl (C=O) groups is 2. The quantitative estimate of drug-likeness (QED) is 0.332. The lowest BCUT2D eigenvalue weighted by molar-refractivity contribution is -0.117. The van der Waals surface area contributed by atoms with Gasteiger partial charge in [-0.1, -0.05) is 29.3 Å². The van der Waals surface area contributed by atoms with Gasteiger partial charge in [0.2, 0.25) is 5.91 Å². The molecule has 1 aliphatic rings. The van der Waals surface area contributed by atoms with E-state index < -0.39 is 51.1 Å². The number of hydrogen-bond donors (Lipinski definition) is 2. The molecule has 1 fully saturated rings. The van der Waals surface area contributed by atoms with Crippen LogP contribution in [0.3, 0.4) is 0 Å². The molecule has 11 heteroatoms. The zero-order chi connectivity index (χ0) is 24.8. The van der Waals surface area contributed by atoms with Crippen molar-refractivity contribution in [1.29, 1.82) is 0 Å². The van der Waals surface area contributed by atoms with E-state index in [1.165, 1.54) is 30.3 Å². The molecular formula is C23H13Cl4F3N2O2. The van der Waals surface area contributed by atoms with Crippen LogP contribution in [-0.4, -0.2) is 16.1 Å². The molecule has 0 bridgehead atoms. The summed E-state index contributed by atoms with van der Waals surface area (Å²) in [6.07, 6.45) is 0. The van der Waals surface area contributed by atoms with Crippen molar-refractivity contribution in [3.63, 3.8) is 0 Å². The van der Waals surface area contributed by atoms with Gasteiger partial charge in [-0.15, -0.1) is 23.2 Å². The summed E-state index contributed by atoms with van der Waals surface area (Å²) in [4.78, 5) is 25.4. The van der Waals surface area contributed by atoms with Gasteiger partial charge in [0.15, 0.2) is 0 Å². The lowest BCUT2D eigenvalue weighted by atomic mass is 10.1. The van der Waals surface area contributed by atoms with E-state index >= 15 is 0 Å². The number of anilines is 2. The molecule has 0 radical (unpaired) electrons. The number of para-hydroxylation sites is 1. The summed E-state index contributed by atoms with van der Waals surface area (Å²) in [5, 5.41) is 4.81. The van der Waals surface area contributed by atoms with E-state index in [1.54, 1.807) is 0 Å². The van der Waals surface area contributed by atoms with Crippen LogP contribution in [0, 0.1) is 23.4 Å². The lowest BCUT2D eigenvalue weighted by Gasteiger charge is -2.11. The van der Waals surface area contributed by atoms with Crippen LogP contribution in [0.15, 0.2) is 54.6 Å². The third kappa shape index (κ3) is 4.84. The largest absolute Gasteiger partial charge is 0.326 e.